The van der Waals surface area contributed by atoms with Crippen LogP contribution in [0.4, 0.5) is 0 Å². The first-order valence-electron chi connectivity index (χ1n) is 6.96. The van der Waals surface area contributed by atoms with Crippen molar-refractivity contribution in [3.63, 3.8) is 0 Å². The monoisotopic (exact) mass is 288 g/mol. The van der Waals surface area contributed by atoms with Crippen LogP contribution in [0.3, 0.4) is 0 Å². The fourth-order valence-corrected chi connectivity index (χ4v) is 1.93. The molecule has 0 aliphatic carbocycles. The van der Waals surface area contributed by atoms with Crippen molar-refractivity contribution in [2.75, 3.05) is 27.7 Å². The molecule has 1 atom stereocenters. The van der Waals surface area contributed by atoms with Crippen molar-refractivity contribution < 1.29 is 9.53 Å². The molecule has 4 heteroatoms. The van der Waals surface area contributed by atoms with Crippen molar-refractivity contribution in [3.8, 4) is 5.75 Å². The van der Waals surface area contributed by atoms with Gasteiger partial charge in [0.05, 0.1) is 13.2 Å². The number of rotatable bonds is 7. The van der Waals surface area contributed by atoms with E-state index in [1.165, 1.54) is 6.08 Å². The summed E-state index contributed by atoms with van der Waals surface area (Å²) in [7, 11) is 5.64. The first kappa shape index (κ1) is 17.0. The van der Waals surface area contributed by atoms with E-state index in [2.05, 4.69) is 10.2 Å². The van der Waals surface area contributed by atoms with Crippen LogP contribution in [0, 0.1) is 0 Å². The average Bonchev–Trinajstić information content (AvgIpc) is 2.48. The first-order valence-corrected chi connectivity index (χ1v) is 6.96. The van der Waals surface area contributed by atoms with E-state index in [1.807, 2.05) is 57.4 Å². The average molecular weight is 288 g/mol. The van der Waals surface area contributed by atoms with Crippen LogP contribution in [-0.4, -0.2) is 38.6 Å². The van der Waals surface area contributed by atoms with Gasteiger partial charge in [0.25, 0.3) is 0 Å². The summed E-state index contributed by atoms with van der Waals surface area (Å²) in [5, 5.41) is 2.92. The molecule has 0 saturated heterocycles. The Kier molecular flexibility index (Phi) is 7.26. The van der Waals surface area contributed by atoms with Crippen LogP contribution < -0.4 is 10.1 Å². The second kappa shape index (κ2) is 8.97. The van der Waals surface area contributed by atoms with E-state index in [4.69, 9.17) is 4.74 Å². The Balaban J connectivity index is 2.67. The summed E-state index contributed by atoms with van der Waals surface area (Å²) in [6, 6.07) is 8.02. The lowest BCUT2D eigenvalue weighted by atomic mass is 10.1. The standard InChI is InChI=1S/C17H24N2O2/c1-5-6-7-8-17(20)18-13-16(19(2)3)14-9-11-15(21-4)12-10-14/h5-12,16H,13H2,1-4H3,(H,18,20). The summed E-state index contributed by atoms with van der Waals surface area (Å²) in [5.41, 5.74) is 1.14. The van der Waals surface area contributed by atoms with Crippen LogP contribution >= 0.6 is 0 Å². The number of carbonyl (C=O) groups excluding carboxylic acids is 1. The normalized spacial score (nSPS) is 13.0. The Labute approximate surface area is 127 Å². The van der Waals surface area contributed by atoms with E-state index in [-0.39, 0.29) is 11.9 Å². The van der Waals surface area contributed by atoms with Crippen molar-refractivity contribution in [3.05, 3.63) is 54.1 Å². The first-order chi connectivity index (χ1) is 10.1. The van der Waals surface area contributed by atoms with E-state index in [0.717, 1.165) is 11.3 Å². The molecule has 1 aromatic carbocycles. The lowest BCUT2D eigenvalue weighted by Gasteiger charge is -2.25. The molecule has 0 fully saturated rings. The third kappa shape index (κ3) is 5.83. The molecule has 21 heavy (non-hydrogen) atoms. The van der Waals surface area contributed by atoms with Crippen LogP contribution in [0.2, 0.25) is 0 Å². The number of nitrogens with zero attached hydrogens (tertiary/aromatic N) is 1. The number of hydrogen-bond donors (Lipinski definition) is 1. The van der Waals surface area contributed by atoms with Gasteiger partial charge in [0.15, 0.2) is 0 Å². The number of hydrogen-bond acceptors (Lipinski definition) is 3. The maximum Gasteiger partial charge on any atom is 0.244 e. The molecule has 1 amide bonds. The summed E-state index contributed by atoms with van der Waals surface area (Å²) in [6.45, 7) is 2.46. The lowest BCUT2D eigenvalue weighted by molar-refractivity contribution is -0.116. The quantitative estimate of drug-likeness (QED) is 0.619. The van der Waals surface area contributed by atoms with Crippen LogP contribution in [0.1, 0.15) is 18.5 Å². The van der Waals surface area contributed by atoms with Crippen molar-refractivity contribution in [1.29, 1.82) is 0 Å². The van der Waals surface area contributed by atoms with Gasteiger partial charge >= 0.3 is 0 Å². The lowest BCUT2D eigenvalue weighted by Crippen LogP contribution is -2.33. The highest BCUT2D eigenvalue weighted by Crippen LogP contribution is 2.20. The predicted molar refractivity (Wildman–Crippen MR) is 86.4 cm³/mol. The van der Waals surface area contributed by atoms with Gasteiger partial charge in [0.2, 0.25) is 5.91 Å². The van der Waals surface area contributed by atoms with Gasteiger partial charge in [-0.3, -0.25) is 4.79 Å². The maximum absolute atomic E-state index is 11.7. The molecule has 0 bridgehead atoms. The van der Waals surface area contributed by atoms with E-state index in [9.17, 15) is 4.79 Å². The smallest absolute Gasteiger partial charge is 0.244 e. The van der Waals surface area contributed by atoms with Gasteiger partial charge in [-0.1, -0.05) is 30.4 Å². The third-order valence-corrected chi connectivity index (χ3v) is 3.14. The fourth-order valence-electron chi connectivity index (χ4n) is 1.93. The molecule has 1 unspecified atom stereocenters. The van der Waals surface area contributed by atoms with Gasteiger partial charge < -0.3 is 15.0 Å². The SMILES string of the molecule is CC=CC=CC(=O)NCC(c1ccc(OC)cc1)N(C)C. The molecule has 114 valence electrons. The topological polar surface area (TPSA) is 41.6 Å². The summed E-state index contributed by atoms with van der Waals surface area (Å²) < 4.78 is 5.16. The predicted octanol–water partition coefficient (Wildman–Crippen LogP) is 2.55. The second-order valence-electron chi connectivity index (χ2n) is 4.88. The minimum Gasteiger partial charge on any atom is -0.497 e. The second-order valence-corrected chi connectivity index (χ2v) is 4.88. The largest absolute Gasteiger partial charge is 0.497 e. The number of amides is 1. The Morgan fingerprint density at radius 1 is 1.29 bits per heavy atom. The van der Waals surface area contributed by atoms with E-state index in [0.29, 0.717) is 6.54 Å². The molecule has 0 heterocycles. The molecule has 1 rings (SSSR count). The molecule has 0 aromatic heterocycles. The zero-order valence-electron chi connectivity index (χ0n) is 13.2. The summed E-state index contributed by atoms with van der Waals surface area (Å²) in [6.07, 6.45) is 6.96. The van der Waals surface area contributed by atoms with Gasteiger partial charge in [0.1, 0.15) is 5.75 Å². The number of methoxy groups -OCH3 is 1. The van der Waals surface area contributed by atoms with E-state index >= 15 is 0 Å². The Morgan fingerprint density at radius 2 is 1.95 bits per heavy atom. The Hall–Kier alpha value is -2.07. The van der Waals surface area contributed by atoms with Crippen molar-refractivity contribution in [2.24, 2.45) is 0 Å². The molecular formula is C17H24N2O2. The molecule has 4 nitrogen and oxygen atoms in total. The Morgan fingerprint density at radius 3 is 2.48 bits per heavy atom. The highest BCUT2D eigenvalue weighted by Gasteiger charge is 2.14. The van der Waals surface area contributed by atoms with Crippen molar-refractivity contribution in [1.82, 2.24) is 10.2 Å². The van der Waals surface area contributed by atoms with Crippen molar-refractivity contribution >= 4 is 5.91 Å². The maximum atomic E-state index is 11.7. The van der Waals surface area contributed by atoms with Crippen LogP contribution in [0.5, 0.6) is 5.75 Å². The van der Waals surface area contributed by atoms with Gasteiger partial charge in [-0.25, -0.2) is 0 Å². The van der Waals surface area contributed by atoms with Crippen LogP contribution in [-0.2, 0) is 4.79 Å². The zero-order valence-corrected chi connectivity index (χ0v) is 13.2. The van der Waals surface area contributed by atoms with Gasteiger partial charge in [-0.05, 0) is 38.7 Å². The molecule has 1 aromatic rings. The number of nitrogens with one attached hydrogen (secondary N) is 1. The summed E-state index contributed by atoms with van der Waals surface area (Å²) in [4.78, 5) is 13.8. The summed E-state index contributed by atoms with van der Waals surface area (Å²) in [5.74, 6) is 0.739. The van der Waals surface area contributed by atoms with E-state index < -0.39 is 0 Å². The highest BCUT2D eigenvalue weighted by atomic mass is 16.5. The highest BCUT2D eigenvalue weighted by molar-refractivity contribution is 5.87. The molecule has 1 N–H and O–H groups in total. The number of carbonyl (C=O) groups is 1. The summed E-state index contributed by atoms with van der Waals surface area (Å²) >= 11 is 0. The third-order valence-electron chi connectivity index (χ3n) is 3.14. The van der Waals surface area contributed by atoms with Crippen LogP contribution in [0.25, 0.3) is 0 Å². The van der Waals surface area contributed by atoms with Gasteiger partial charge in [-0.15, -0.1) is 0 Å². The minimum absolute atomic E-state index is 0.0894. The van der Waals surface area contributed by atoms with Gasteiger partial charge in [0, 0.05) is 12.6 Å². The molecule has 0 radical (unpaired) electrons. The van der Waals surface area contributed by atoms with Gasteiger partial charge in [-0.2, -0.15) is 0 Å². The Bertz CT molecular complexity index is 490. The van der Waals surface area contributed by atoms with Crippen LogP contribution in [0.15, 0.2) is 48.6 Å². The molecule has 0 saturated carbocycles. The minimum atomic E-state index is -0.0894. The number of allylic oxidation sites excluding steroid dienone is 3. The number of likely N-dealkylation sites (N-methyl/N-ethyl adjacent to an activating group) is 1. The molecule has 0 aliphatic heterocycles. The number of ether oxygens (including phenoxy) is 1. The molecule has 0 aliphatic rings. The fraction of sp³-hybridized carbons (Fsp3) is 0.353. The molecular weight excluding hydrogens is 264 g/mol. The van der Waals surface area contributed by atoms with Crippen molar-refractivity contribution in [2.45, 2.75) is 13.0 Å². The molecule has 0 spiro atoms. The van der Waals surface area contributed by atoms with E-state index in [1.54, 1.807) is 13.2 Å². The zero-order chi connectivity index (χ0) is 15.7. The number of benzene rings is 1.